The van der Waals surface area contributed by atoms with Gasteiger partial charge >= 0.3 is 0 Å². The molecule has 0 aliphatic carbocycles. The highest BCUT2D eigenvalue weighted by atomic mass is 35.5. The van der Waals surface area contributed by atoms with Crippen molar-refractivity contribution in [3.63, 3.8) is 0 Å². The molecular weight excluding hydrogens is 294 g/mol. The molecule has 0 spiro atoms. The molecule has 0 atom stereocenters. The third-order valence-corrected chi connectivity index (χ3v) is 3.66. The van der Waals surface area contributed by atoms with Crippen molar-refractivity contribution >= 4 is 22.9 Å². The summed E-state index contributed by atoms with van der Waals surface area (Å²) < 4.78 is 0. The van der Waals surface area contributed by atoms with Crippen LogP contribution in [0.5, 0.6) is 0 Å². The van der Waals surface area contributed by atoms with Crippen molar-refractivity contribution in [3.05, 3.63) is 76.3 Å². The van der Waals surface area contributed by atoms with Gasteiger partial charge in [-0.05, 0) is 23.8 Å². The van der Waals surface area contributed by atoms with Crippen LogP contribution in [0.3, 0.4) is 0 Å². The Hall–Kier alpha value is -2.34. The lowest BCUT2D eigenvalue weighted by Gasteiger charge is -2.11. The lowest BCUT2D eigenvalue weighted by Crippen LogP contribution is -2.06. The molecule has 3 rings (SSSR count). The zero-order chi connectivity index (χ0) is 15.4. The van der Waals surface area contributed by atoms with Crippen molar-refractivity contribution in [1.82, 2.24) is 0 Å². The molecule has 108 valence electrons. The van der Waals surface area contributed by atoms with Crippen LogP contribution in [0.4, 0.5) is 0 Å². The van der Waals surface area contributed by atoms with Crippen LogP contribution >= 0.6 is 11.6 Å². The minimum Gasteiger partial charge on any atom is -0.384 e. The van der Waals surface area contributed by atoms with E-state index in [1.54, 1.807) is 0 Å². The lowest BCUT2D eigenvalue weighted by atomic mass is 9.94. The predicted molar refractivity (Wildman–Crippen MR) is 91.2 cm³/mol. The van der Waals surface area contributed by atoms with E-state index in [4.69, 9.17) is 16.7 Å². The Morgan fingerprint density at radius 2 is 1.91 bits per heavy atom. The van der Waals surface area contributed by atoms with Gasteiger partial charge in [0.15, 0.2) is 0 Å². The Morgan fingerprint density at radius 1 is 1.09 bits per heavy atom. The molecule has 1 N–H and O–H groups in total. The maximum absolute atomic E-state index is 8.94. The molecule has 0 saturated heterocycles. The highest BCUT2D eigenvalue weighted by molar-refractivity contribution is 6.31. The standard InChI is InChI=1S/C19H14ClNO/c20-16-8-9-17-14(7-4-12-22)10-11-21-19(18(17)13-16)15-5-2-1-3-6-15/h1-3,5-6,8-10,13,22H,11-12H2. The van der Waals surface area contributed by atoms with Gasteiger partial charge in [-0.3, -0.25) is 4.99 Å². The van der Waals surface area contributed by atoms with Crippen LogP contribution in [0.2, 0.25) is 5.02 Å². The molecule has 0 fully saturated rings. The third kappa shape index (κ3) is 2.96. The van der Waals surface area contributed by atoms with Crippen LogP contribution in [0.25, 0.3) is 5.57 Å². The van der Waals surface area contributed by atoms with Gasteiger partial charge < -0.3 is 5.11 Å². The molecule has 2 aromatic rings. The van der Waals surface area contributed by atoms with Crippen LogP contribution in [0.1, 0.15) is 16.7 Å². The van der Waals surface area contributed by atoms with Crippen LogP contribution in [0.15, 0.2) is 59.6 Å². The fourth-order valence-electron chi connectivity index (χ4n) is 2.47. The van der Waals surface area contributed by atoms with Gasteiger partial charge in [-0.2, -0.15) is 0 Å². The van der Waals surface area contributed by atoms with Crippen LogP contribution in [-0.2, 0) is 0 Å². The monoisotopic (exact) mass is 307 g/mol. The summed E-state index contributed by atoms with van der Waals surface area (Å²) in [4.78, 5) is 4.69. The quantitative estimate of drug-likeness (QED) is 0.803. The molecule has 1 aliphatic heterocycles. The minimum absolute atomic E-state index is 0.160. The van der Waals surface area contributed by atoms with Gasteiger partial charge in [-0.1, -0.05) is 59.8 Å². The SMILES string of the molecule is OCC#CC1=CCN=C(c2ccccc2)c2cc(Cl)ccc21. The maximum Gasteiger partial charge on any atom is 0.104 e. The van der Waals surface area contributed by atoms with Gasteiger partial charge in [-0.25, -0.2) is 0 Å². The average Bonchev–Trinajstić information content (AvgIpc) is 2.73. The Kier molecular flexibility index (Phi) is 4.39. The number of benzene rings is 2. The molecule has 22 heavy (non-hydrogen) atoms. The summed E-state index contributed by atoms with van der Waals surface area (Å²) in [6.45, 7) is 0.388. The zero-order valence-electron chi connectivity index (χ0n) is 11.9. The normalized spacial score (nSPS) is 13.2. The van der Waals surface area contributed by atoms with Crippen molar-refractivity contribution in [2.45, 2.75) is 0 Å². The molecule has 1 heterocycles. The molecule has 0 saturated carbocycles. The number of aliphatic hydroxyl groups excluding tert-OH is 1. The van der Waals surface area contributed by atoms with Gasteiger partial charge in [0, 0.05) is 21.7 Å². The molecule has 0 unspecified atom stereocenters. The van der Waals surface area contributed by atoms with Crippen molar-refractivity contribution in [1.29, 1.82) is 0 Å². The fourth-order valence-corrected chi connectivity index (χ4v) is 2.64. The largest absolute Gasteiger partial charge is 0.384 e. The number of fused-ring (bicyclic) bond motifs is 1. The van der Waals surface area contributed by atoms with Gasteiger partial charge in [0.1, 0.15) is 6.61 Å². The summed E-state index contributed by atoms with van der Waals surface area (Å²) in [5.41, 5.74) is 4.79. The second kappa shape index (κ2) is 6.62. The second-order valence-corrected chi connectivity index (χ2v) is 5.26. The number of rotatable bonds is 1. The summed E-state index contributed by atoms with van der Waals surface area (Å²) in [7, 11) is 0. The van der Waals surface area contributed by atoms with E-state index < -0.39 is 0 Å². The highest BCUT2D eigenvalue weighted by Gasteiger charge is 2.16. The topological polar surface area (TPSA) is 32.6 Å². The van der Waals surface area contributed by atoms with Gasteiger partial charge in [0.2, 0.25) is 0 Å². The molecule has 0 radical (unpaired) electrons. The second-order valence-electron chi connectivity index (χ2n) is 4.82. The van der Waals surface area contributed by atoms with Crippen molar-refractivity contribution in [2.24, 2.45) is 4.99 Å². The highest BCUT2D eigenvalue weighted by Crippen LogP contribution is 2.27. The van der Waals surface area contributed by atoms with E-state index in [0.29, 0.717) is 11.6 Å². The van der Waals surface area contributed by atoms with E-state index >= 15 is 0 Å². The summed E-state index contributed by atoms with van der Waals surface area (Å²) in [5, 5.41) is 9.60. The average molecular weight is 308 g/mol. The summed E-state index contributed by atoms with van der Waals surface area (Å²) >= 11 is 6.18. The zero-order valence-corrected chi connectivity index (χ0v) is 12.6. The molecule has 2 aromatic carbocycles. The summed E-state index contributed by atoms with van der Waals surface area (Å²) in [6, 6.07) is 15.8. The molecular formula is C19H14ClNO. The van der Waals surface area contributed by atoms with Gasteiger partial charge in [0.25, 0.3) is 0 Å². The number of aliphatic hydroxyl groups is 1. The predicted octanol–water partition coefficient (Wildman–Crippen LogP) is 3.57. The Morgan fingerprint density at radius 3 is 2.68 bits per heavy atom. The molecule has 0 amide bonds. The maximum atomic E-state index is 8.94. The molecule has 3 heteroatoms. The first-order valence-corrected chi connectivity index (χ1v) is 7.37. The molecule has 2 nitrogen and oxygen atoms in total. The van der Waals surface area contributed by atoms with E-state index in [1.807, 2.05) is 54.6 Å². The first kappa shape index (κ1) is 14.6. The number of nitrogens with zero attached hydrogens (tertiary/aromatic N) is 1. The van der Waals surface area contributed by atoms with E-state index in [0.717, 1.165) is 28.0 Å². The van der Waals surface area contributed by atoms with Gasteiger partial charge in [0.05, 0.1) is 12.3 Å². The smallest absolute Gasteiger partial charge is 0.104 e. The van der Waals surface area contributed by atoms with Crippen LogP contribution in [-0.4, -0.2) is 24.0 Å². The third-order valence-electron chi connectivity index (χ3n) is 3.42. The van der Waals surface area contributed by atoms with Crippen molar-refractivity contribution in [2.75, 3.05) is 13.2 Å². The summed E-state index contributed by atoms with van der Waals surface area (Å²) in [6.07, 6.45) is 1.98. The Bertz CT molecular complexity index is 810. The Balaban J connectivity index is 2.17. The molecule has 0 aromatic heterocycles. The number of allylic oxidation sites excluding steroid dienone is 1. The van der Waals surface area contributed by atoms with E-state index in [9.17, 15) is 0 Å². The molecule has 1 aliphatic rings. The number of hydrogen-bond donors (Lipinski definition) is 1. The number of hydrogen-bond acceptors (Lipinski definition) is 2. The molecule has 0 bridgehead atoms. The van der Waals surface area contributed by atoms with Crippen molar-refractivity contribution in [3.8, 4) is 11.8 Å². The minimum atomic E-state index is -0.160. The van der Waals surface area contributed by atoms with E-state index in [1.165, 1.54) is 0 Å². The summed E-state index contributed by atoms with van der Waals surface area (Å²) in [5.74, 6) is 5.71. The van der Waals surface area contributed by atoms with Crippen LogP contribution < -0.4 is 0 Å². The van der Waals surface area contributed by atoms with Crippen LogP contribution in [0, 0.1) is 11.8 Å². The number of halogens is 1. The Labute approximate surface area is 134 Å². The van der Waals surface area contributed by atoms with E-state index in [-0.39, 0.29) is 6.61 Å². The number of aliphatic imine (C=N–C) groups is 1. The van der Waals surface area contributed by atoms with Gasteiger partial charge in [-0.15, -0.1) is 0 Å². The first-order chi connectivity index (χ1) is 10.8. The first-order valence-electron chi connectivity index (χ1n) is 6.99. The lowest BCUT2D eigenvalue weighted by molar-refractivity contribution is 0.350. The van der Waals surface area contributed by atoms with Crippen molar-refractivity contribution < 1.29 is 5.11 Å². The fraction of sp³-hybridized carbons (Fsp3) is 0.105. The van der Waals surface area contributed by atoms with E-state index in [2.05, 4.69) is 16.8 Å².